The Balaban J connectivity index is 2.22. The van der Waals surface area contributed by atoms with Crippen LogP contribution in [0.15, 0.2) is 42.5 Å². The molecule has 0 saturated carbocycles. The first-order chi connectivity index (χ1) is 9.50. The standard InChI is InChI=1S/C16H15Cl2NO/c1-10-6-3-4-7-12(10)11(2)19-16(20)15-13(17)8-5-9-14(15)18/h3-9,11H,1-2H3,(H,19,20). The van der Waals surface area contributed by atoms with E-state index in [1.165, 1.54) is 0 Å². The van der Waals surface area contributed by atoms with Crippen molar-refractivity contribution in [2.75, 3.05) is 0 Å². The highest BCUT2D eigenvalue weighted by atomic mass is 35.5. The van der Waals surface area contributed by atoms with Gasteiger partial charge in [-0.05, 0) is 37.1 Å². The Bertz CT molecular complexity index is 620. The molecule has 20 heavy (non-hydrogen) atoms. The Morgan fingerprint density at radius 1 is 1.05 bits per heavy atom. The van der Waals surface area contributed by atoms with Crippen LogP contribution in [0, 0.1) is 6.92 Å². The molecule has 0 fully saturated rings. The minimum Gasteiger partial charge on any atom is -0.345 e. The van der Waals surface area contributed by atoms with Gasteiger partial charge in [0.25, 0.3) is 5.91 Å². The number of carbonyl (C=O) groups excluding carboxylic acids is 1. The first-order valence-electron chi connectivity index (χ1n) is 6.31. The molecule has 0 radical (unpaired) electrons. The number of aryl methyl sites for hydroxylation is 1. The van der Waals surface area contributed by atoms with Gasteiger partial charge in [0.1, 0.15) is 0 Å². The van der Waals surface area contributed by atoms with E-state index in [0.717, 1.165) is 11.1 Å². The lowest BCUT2D eigenvalue weighted by atomic mass is 10.0. The maximum atomic E-state index is 12.3. The topological polar surface area (TPSA) is 29.1 Å². The Morgan fingerprint density at radius 2 is 1.65 bits per heavy atom. The lowest BCUT2D eigenvalue weighted by Crippen LogP contribution is -2.27. The van der Waals surface area contributed by atoms with Gasteiger partial charge in [0.05, 0.1) is 21.7 Å². The molecule has 0 aromatic heterocycles. The Morgan fingerprint density at radius 3 is 2.25 bits per heavy atom. The molecule has 4 heteroatoms. The number of halogens is 2. The van der Waals surface area contributed by atoms with Crippen LogP contribution >= 0.6 is 23.2 Å². The maximum Gasteiger partial charge on any atom is 0.254 e. The molecular formula is C16H15Cl2NO. The summed E-state index contributed by atoms with van der Waals surface area (Å²) in [7, 11) is 0. The van der Waals surface area contributed by atoms with Crippen molar-refractivity contribution < 1.29 is 4.79 Å². The molecule has 0 aliphatic heterocycles. The lowest BCUT2D eigenvalue weighted by Gasteiger charge is -2.17. The van der Waals surface area contributed by atoms with Gasteiger partial charge in [-0.2, -0.15) is 0 Å². The number of rotatable bonds is 3. The number of hydrogen-bond donors (Lipinski definition) is 1. The van der Waals surface area contributed by atoms with Crippen LogP contribution in [0.5, 0.6) is 0 Å². The highest BCUT2D eigenvalue weighted by Crippen LogP contribution is 2.25. The molecule has 0 bridgehead atoms. The Kier molecular flexibility index (Phi) is 4.69. The average molecular weight is 308 g/mol. The molecule has 0 aliphatic carbocycles. The first kappa shape index (κ1) is 14.9. The molecule has 1 N–H and O–H groups in total. The second-order valence-corrected chi connectivity index (χ2v) is 5.46. The second kappa shape index (κ2) is 6.29. The second-order valence-electron chi connectivity index (χ2n) is 4.65. The zero-order valence-electron chi connectivity index (χ0n) is 11.3. The third kappa shape index (κ3) is 3.14. The molecule has 0 spiro atoms. The highest BCUT2D eigenvalue weighted by molar-refractivity contribution is 6.39. The Hall–Kier alpha value is -1.51. The fourth-order valence-electron chi connectivity index (χ4n) is 2.13. The highest BCUT2D eigenvalue weighted by Gasteiger charge is 2.17. The average Bonchev–Trinajstić information content (AvgIpc) is 2.38. The van der Waals surface area contributed by atoms with Gasteiger partial charge in [0.2, 0.25) is 0 Å². The Labute approximate surface area is 128 Å². The van der Waals surface area contributed by atoms with Gasteiger partial charge in [-0.25, -0.2) is 0 Å². The molecule has 1 unspecified atom stereocenters. The minimum absolute atomic E-state index is 0.115. The molecule has 2 aromatic carbocycles. The van der Waals surface area contributed by atoms with Crippen LogP contribution in [0.4, 0.5) is 0 Å². The monoisotopic (exact) mass is 307 g/mol. The van der Waals surface area contributed by atoms with Crippen LogP contribution in [0.1, 0.15) is 34.5 Å². The maximum absolute atomic E-state index is 12.3. The summed E-state index contributed by atoms with van der Waals surface area (Å²) in [6.45, 7) is 3.95. The van der Waals surface area contributed by atoms with Crippen LogP contribution in [0.3, 0.4) is 0 Å². The van der Waals surface area contributed by atoms with E-state index in [4.69, 9.17) is 23.2 Å². The van der Waals surface area contributed by atoms with E-state index in [-0.39, 0.29) is 11.9 Å². The van der Waals surface area contributed by atoms with Crippen LogP contribution in [0.2, 0.25) is 10.0 Å². The molecule has 0 heterocycles. The van der Waals surface area contributed by atoms with Gasteiger partial charge in [-0.3, -0.25) is 4.79 Å². The van der Waals surface area contributed by atoms with E-state index in [2.05, 4.69) is 5.32 Å². The SMILES string of the molecule is Cc1ccccc1C(C)NC(=O)c1c(Cl)cccc1Cl. The zero-order valence-corrected chi connectivity index (χ0v) is 12.8. The largest absolute Gasteiger partial charge is 0.345 e. The summed E-state index contributed by atoms with van der Waals surface area (Å²) in [5.74, 6) is -0.267. The van der Waals surface area contributed by atoms with Crippen molar-refractivity contribution in [3.8, 4) is 0 Å². The smallest absolute Gasteiger partial charge is 0.254 e. The summed E-state index contributed by atoms with van der Waals surface area (Å²) < 4.78 is 0. The molecule has 104 valence electrons. The summed E-state index contributed by atoms with van der Waals surface area (Å²) in [5, 5.41) is 3.63. The molecule has 0 saturated heterocycles. The number of carbonyl (C=O) groups is 1. The number of hydrogen-bond acceptors (Lipinski definition) is 1. The molecule has 1 amide bonds. The van der Waals surface area contributed by atoms with Crippen LogP contribution in [-0.4, -0.2) is 5.91 Å². The van der Waals surface area contributed by atoms with Crippen molar-refractivity contribution in [3.63, 3.8) is 0 Å². The van der Waals surface area contributed by atoms with Crippen molar-refractivity contribution in [3.05, 3.63) is 69.2 Å². The van der Waals surface area contributed by atoms with E-state index in [9.17, 15) is 4.79 Å². The summed E-state index contributed by atoms with van der Waals surface area (Å²) >= 11 is 12.1. The van der Waals surface area contributed by atoms with Crippen molar-refractivity contribution >= 4 is 29.1 Å². The summed E-state index contributed by atoms with van der Waals surface area (Å²) in [5.41, 5.74) is 2.52. The van der Waals surface area contributed by atoms with Crippen molar-refractivity contribution in [2.45, 2.75) is 19.9 Å². The van der Waals surface area contributed by atoms with Gasteiger partial charge in [0.15, 0.2) is 0 Å². The zero-order chi connectivity index (χ0) is 14.7. The number of benzene rings is 2. The van der Waals surface area contributed by atoms with Gasteiger partial charge in [0, 0.05) is 0 Å². The van der Waals surface area contributed by atoms with E-state index >= 15 is 0 Å². The number of amides is 1. The van der Waals surface area contributed by atoms with Gasteiger partial charge < -0.3 is 5.32 Å². The molecular weight excluding hydrogens is 293 g/mol. The van der Waals surface area contributed by atoms with E-state index in [1.54, 1.807) is 18.2 Å². The van der Waals surface area contributed by atoms with E-state index in [1.807, 2.05) is 38.1 Å². The molecule has 1 atom stereocenters. The van der Waals surface area contributed by atoms with Gasteiger partial charge in [-0.15, -0.1) is 0 Å². The fraction of sp³-hybridized carbons (Fsp3) is 0.188. The minimum atomic E-state index is -0.267. The summed E-state index contributed by atoms with van der Waals surface area (Å²) in [4.78, 5) is 12.3. The van der Waals surface area contributed by atoms with Crippen molar-refractivity contribution in [2.24, 2.45) is 0 Å². The van der Waals surface area contributed by atoms with Gasteiger partial charge >= 0.3 is 0 Å². The third-order valence-electron chi connectivity index (χ3n) is 3.19. The third-order valence-corrected chi connectivity index (χ3v) is 3.82. The van der Waals surface area contributed by atoms with E-state index in [0.29, 0.717) is 15.6 Å². The summed E-state index contributed by atoms with van der Waals surface area (Å²) in [6, 6.07) is 12.8. The van der Waals surface area contributed by atoms with E-state index < -0.39 is 0 Å². The fourth-order valence-corrected chi connectivity index (χ4v) is 2.70. The summed E-state index contributed by atoms with van der Waals surface area (Å²) in [6.07, 6.45) is 0. The molecule has 2 rings (SSSR count). The quantitative estimate of drug-likeness (QED) is 0.867. The van der Waals surface area contributed by atoms with Crippen LogP contribution in [-0.2, 0) is 0 Å². The van der Waals surface area contributed by atoms with Gasteiger partial charge in [-0.1, -0.05) is 53.5 Å². The molecule has 2 aromatic rings. The molecule has 0 aliphatic rings. The van der Waals surface area contributed by atoms with Crippen molar-refractivity contribution in [1.29, 1.82) is 0 Å². The predicted octanol–water partition coefficient (Wildman–Crippen LogP) is 4.79. The number of nitrogens with one attached hydrogen (secondary N) is 1. The molecule has 2 nitrogen and oxygen atoms in total. The normalized spacial score (nSPS) is 12.0. The lowest BCUT2D eigenvalue weighted by molar-refractivity contribution is 0.0940. The predicted molar refractivity (Wildman–Crippen MR) is 83.5 cm³/mol. The first-order valence-corrected chi connectivity index (χ1v) is 7.06. The van der Waals surface area contributed by atoms with Crippen molar-refractivity contribution in [1.82, 2.24) is 5.32 Å². The van der Waals surface area contributed by atoms with Crippen LogP contribution < -0.4 is 5.32 Å². The van der Waals surface area contributed by atoms with Crippen LogP contribution in [0.25, 0.3) is 0 Å².